The molecule has 0 aliphatic carbocycles. The van der Waals surface area contributed by atoms with E-state index < -0.39 is 24.1 Å². The van der Waals surface area contributed by atoms with Gasteiger partial charge in [-0.1, -0.05) is 12.1 Å². The molecule has 0 fully saturated rings. The first-order chi connectivity index (χ1) is 8.40. The Bertz CT molecular complexity index is 432. The van der Waals surface area contributed by atoms with Crippen molar-refractivity contribution in [3.8, 4) is 0 Å². The second kappa shape index (κ2) is 5.99. The van der Waals surface area contributed by atoms with E-state index in [2.05, 4.69) is 5.32 Å². The molecule has 7 heteroatoms. The Morgan fingerprint density at radius 3 is 2.17 bits per heavy atom. The topological polar surface area (TPSA) is 139 Å². The molecule has 0 saturated carbocycles. The quantitative estimate of drug-likeness (QED) is 0.480. The summed E-state index contributed by atoms with van der Waals surface area (Å²) < 4.78 is 0. The molecule has 1 aromatic carbocycles. The van der Waals surface area contributed by atoms with Gasteiger partial charge in [0.05, 0.1) is 12.5 Å². The number of rotatable bonds is 5. The Morgan fingerprint density at radius 1 is 1.17 bits per heavy atom. The van der Waals surface area contributed by atoms with Gasteiger partial charge in [-0.05, 0) is 17.7 Å². The molecule has 3 amide bonds. The van der Waals surface area contributed by atoms with Crippen LogP contribution in [0.5, 0.6) is 0 Å². The first-order valence-corrected chi connectivity index (χ1v) is 5.21. The highest BCUT2D eigenvalue weighted by Gasteiger charge is 2.20. The van der Waals surface area contributed by atoms with Crippen molar-refractivity contribution in [2.24, 2.45) is 11.5 Å². The highest BCUT2D eigenvalue weighted by molar-refractivity contribution is 5.87. The fourth-order valence-electron chi connectivity index (χ4n) is 1.45. The fraction of sp³-hybridized carbons (Fsp3) is 0.273. The SMILES string of the molecule is NC(=O)CC(O)C(O)c1ccc(NC(N)=O)cc1. The van der Waals surface area contributed by atoms with E-state index in [0.717, 1.165) is 0 Å². The number of urea groups is 1. The summed E-state index contributed by atoms with van der Waals surface area (Å²) in [6.07, 6.45) is -2.82. The number of aliphatic hydroxyl groups excluding tert-OH is 2. The summed E-state index contributed by atoms with van der Waals surface area (Å²) in [5.74, 6) is -0.700. The zero-order valence-electron chi connectivity index (χ0n) is 9.54. The predicted molar refractivity (Wildman–Crippen MR) is 64.4 cm³/mol. The molecule has 2 atom stereocenters. The summed E-state index contributed by atoms with van der Waals surface area (Å²) in [6.45, 7) is 0. The van der Waals surface area contributed by atoms with Crippen LogP contribution >= 0.6 is 0 Å². The van der Waals surface area contributed by atoms with E-state index >= 15 is 0 Å². The van der Waals surface area contributed by atoms with Crippen LogP contribution in [0.25, 0.3) is 0 Å². The molecule has 7 N–H and O–H groups in total. The molecule has 1 rings (SSSR count). The Balaban J connectivity index is 2.72. The highest BCUT2D eigenvalue weighted by Crippen LogP contribution is 2.20. The molecule has 0 aliphatic rings. The van der Waals surface area contributed by atoms with E-state index in [1.807, 2.05) is 0 Å². The van der Waals surface area contributed by atoms with Crippen molar-refractivity contribution in [1.29, 1.82) is 0 Å². The van der Waals surface area contributed by atoms with Gasteiger partial charge in [-0.3, -0.25) is 4.79 Å². The smallest absolute Gasteiger partial charge is 0.316 e. The van der Waals surface area contributed by atoms with Gasteiger partial charge in [0, 0.05) is 5.69 Å². The first-order valence-electron chi connectivity index (χ1n) is 5.21. The van der Waals surface area contributed by atoms with Crippen LogP contribution in [-0.2, 0) is 4.79 Å². The molecule has 0 aromatic heterocycles. The van der Waals surface area contributed by atoms with E-state index in [1.165, 1.54) is 24.3 Å². The van der Waals surface area contributed by atoms with Gasteiger partial charge in [0.25, 0.3) is 0 Å². The first kappa shape index (κ1) is 13.9. The second-order valence-corrected chi connectivity index (χ2v) is 3.79. The number of nitrogens with one attached hydrogen (secondary N) is 1. The van der Waals surface area contributed by atoms with Gasteiger partial charge < -0.3 is 27.0 Å². The summed E-state index contributed by atoms with van der Waals surface area (Å²) in [4.78, 5) is 21.2. The Labute approximate surface area is 103 Å². The summed E-state index contributed by atoms with van der Waals surface area (Å²) in [5.41, 5.74) is 10.7. The third kappa shape index (κ3) is 4.04. The fourth-order valence-corrected chi connectivity index (χ4v) is 1.45. The molecule has 0 heterocycles. The van der Waals surface area contributed by atoms with E-state index in [1.54, 1.807) is 0 Å². The van der Waals surface area contributed by atoms with Gasteiger partial charge in [0.1, 0.15) is 6.10 Å². The molecule has 0 bridgehead atoms. The third-order valence-electron chi connectivity index (χ3n) is 2.29. The van der Waals surface area contributed by atoms with Crippen molar-refractivity contribution in [3.63, 3.8) is 0 Å². The molecule has 7 nitrogen and oxygen atoms in total. The maximum absolute atomic E-state index is 10.6. The Morgan fingerprint density at radius 2 is 1.72 bits per heavy atom. The average Bonchev–Trinajstić information content (AvgIpc) is 2.27. The van der Waals surface area contributed by atoms with Gasteiger partial charge in [0.15, 0.2) is 0 Å². The van der Waals surface area contributed by atoms with Crippen molar-refractivity contribution in [2.45, 2.75) is 18.6 Å². The van der Waals surface area contributed by atoms with Crippen LogP contribution in [0.4, 0.5) is 10.5 Å². The zero-order valence-corrected chi connectivity index (χ0v) is 9.54. The maximum atomic E-state index is 10.6. The molecule has 0 aliphatic heterocycles. The number of anilines is 1. The normalized spacial score (nSPS) is 13.7. The predicted octanol–water partition coefficient (Wildman–Crippen LogP) is -0.553. The number of primary amides is 2. The molecule has 2 unspecified atom stereocenters. The van der Waals surface area contributed by atoms with Gasteiger partial charge in [0.2, 0.25) is 5.91 Å². The molecular formula is C11H15N3O4. The lowest BCUT2D eigenvalue weighted by molar-refractivity contribution is -0.121. The number of hydrogen-bond donors (Lipinski definition) is 5. The van der Waals surface area contributed by atoms with Crippen LogP contribution < -0.4 is 16.8 Å². The minimum atomic E-state index is -1.27. The minimum Gasteiger partial charge on any atom is -0.390 e. The average molecular weight is 253 g/mol. The highest BCUT2D eigenvalue weighted by atomic mass is 16.3. The van der Waals surface area contributed by atoms with Crippen molar-refractivity contribution < 1.29 is 19.8 Å². The monoisotopic (exact) mass is 253 g/mol. The molecule has 1 aromatic rings. The number of carbonyl (C=O) groups is 2. The van der Waals surface area contributed by atoms with Crippen molar-refractivity contribution in [2.75, 3.05) is 5.32 Å². The standard InChI is InChI=1S/C11H15N3O4/c12-9(16)5-8(15)10(17)6-1-3-7(4-2-6)14-11(13)18/h1-4,8,10,15,17H,5H2,(H2,12,16)(H3,13,14,18). The number of aliphatic hydroxyl groups is 2. The molecule has 98 valence electrons. The summed E-state index contributed by atoms with van der Waals surface area (Å²) in [6, 6.07) is 5.33. The third-order valence-corrected chi connectivity index (χ3v) is 2.29. The second-order valence-electron chi connectivity index (χ2n) is 3.79. The number of carbonyl (C=O) groups excluding carboxylic acids is 2. The molecule has 0 saturated heterocycles. The van der Waals surface area contributed by atoms with Crippen LogP contribution in [0.2, 0.25) is 0 Å². The number of hydrogen-bond acceptors (Lipinski definition) is 4. The van der Waals surface area contributed by atoms with Gasteiger partial charge in [-0.15, -0.1) is 0 Å². The van der Waals surface area contributed by atoms with Gasteiger partial charge in [-0.2, -0.15) is 0 Å². The maximum Gasteiger partial charge on any atom is 0.316 e. The largest absolute Gasteiger partial charge is 0.390 e. The van der Waals surface area contributed by atoms with Crippen LogP contribution in [0.15, 0.2) is 24.3 Å². The van der Waals surface area contributed by atoms with Gasteiger partial charge >= 0.3 is 6.03 Å². The van der Waals surface area contributed by atoms with Crippen LogP contribution in [0.3, 0.4) is 0 Å². The Hall–Kier alpha value is -2.12. The van der Waals surface area contributed by atoms with E-state index in [0.29, 0.717) is 11.3 Å². The van der Waals surface area contributed by atoms with Crippen molar-refractivity contribution in [1.82, 2.24) is 0 Å². The zero-order chi connectivity index (χ0) is 13.7. The summed E-state index contributed by atoms with van der Waals surface area (Å²) in [5, 5.41) is 21.6. The van der Waals surface area contributed by atoms with E-state index in [4.69, 9.17) is 11.5 Å². The van der Waals surface area contributed by atoms with Crippen LogP contribution in [0.1, 0.15) is 18.1 Å². The van der Waals surface area contributed by atoms with E-state index in [9.17, 15) is 19.8 Å². The van der Waals surface area contributed by atoms with E-state index in [-0.39, 0.29) is 6.42 Å². The van der Waals surface area contributed by atoms with Crippen LogP contribution in [-0.4, -0.2) is 28.3 Å². The molecule has 0 spiro atoms. The molecule has 0 radical (unpaired) electrons. The van der Waals surface area contributed by atoms with Crippen LogP contribution in [0, 0.1) is 0 Å². The van der Waals surface area contributed by atoms with Gasteiger partial charge in [-0.25, -0.2) is 4.79 Å². The number of benzene rings is 1. The minimum absolute atomic E-state index is 0.331. The molecule has 18 heavy (non-hydrogen) atoms. The Kier molecular flexibility index (Phi) is 4.64. The lowest BCUT2D eigenvalue weighted by Crippen LogP contribution is -2.25. The number of amides is 3. The lowest BCUT2D eigenvalue weighted by Gasteiger charge is -2.17. The summed E-state index contributed by atoms with van der Waals surface area (Å²) >= 11 is 0. The summed E-state index contributed by atoms with van der Waals surface area (Å²) in [7, 11) is 0. The molecular weight excluding hydrogens is 238 g/mol. The number of nitrogens with two attached hydrogens (primary N) is 2. The lowest BCUT2D eigenvalue weighted by atomic mass is 10.0. The van der Waals surface area contributed by atoms with Crippen molar-refractivity contribution >= 4 is 17.6 Å². The van der Waals surface area contributed by atoms with Crippen molar-refractivity contribution in [3.05, 3.63) is 29.8 Å².